The Kier molecular flexibility index (Phi) is 4.85. The van der Waals surface area contributed by atoms with Crippen molar-refractivity contribution >= 4 is 29.1 Å². The van der Waals surface area contributed by atoms with Gasteiger partial charge in [-0.25, -0.2) is 4.39 Å². The average molecular weight is 351 g/mol. The number of carbonyl (C=O) groups is 2. The molecular formula is C17H16ClFN2O3. The van der Waals surface area contributed by atoms with Crippen LogP contribution in [0.5, 0.6) is 0 Å². The second-order valence-electron chi connectivity index (χ2n) is 5.72. The minimum atomic E-state index is -0.538. The highest BCUT2D eigenvalue weighted by Crippen LogP contribution is 2.23. The maximum atomic E-state index is 13.2. The zero-order valence-corrected chi connectivity index (χ0v) is 13.6. The largest absolute Gasteiger partial charge is 0.472 e. The number of rotatable bonds is 3. The molecule has 0 bridgehead atoms. The van der Waals surface area contributed by atoms with Gasteiger partial charge in [0.05, 0.1) is 22.8 Å². The Hall–Kier alpha value is -2.34. The summed E-state index contributed by atoms with van der Waals surface area (Å²) in [5.41, 5.74) is 0.908. The van der Waals surface area contributed by atoms with Crippen LogP contribution in [-0.2, 0) is 4.79 Å². The minimum Gasteiger partial charge on any atom is -0.472 e. The molecule has 1 N–H and O–H groups in total. The molecule has 1 aromatic heterocycles. The van der Waals surface area contributed by atoms with E-state index >= 15 is 0 Å². The van der Waals surface area contributed by atoms with Crippen molar-refractivity contribution in [3.8, 4) is 0 Å². The number of halogens is 2. The highest BCUT2D eigenvalue weighted by molar-refractivity contribution is 6.31. The Morgan fingerprint density at radius 1 is 1.33 bits per heavy atom. The molecular weight excluding hydrogens is 335 g/mol. The average Bonchev–Trinajstić information content (AvgIpc) is 3.12. The summed E-state index contributed by atoms with van der Waals surface area (Å²) in [6.45, 7) is 0.945. The highest BCUT2D eigenvalue weighted by atomic mass is 35.5. The summed E-state index contributed by atoms with van der Waals surface area (Å²) in [5.74, 6) is -1.21. The van der Waals surface area contributed by atoms with Crippen molar-refractivity contribution in [3.63, 3.8) is 0 Å². The van der Waals surface area contributed by atoms with Crippen LogP contribution in [0, 0.1) is 11.7 Å². The van der Waals surface area contributed by atoms with Crippen molar-refractivity contribution in [2.24, 2.45) is 5.92 Å². The maximum Gasteiger partial charge on any atom is 0.257 e. The van der Waals surface area contributed by atoms with Crippen LogP contribution < -0.4 is 5.32 Å². The third-order valence-electron chi connectivity index (χ3n) is 4.03. The summed E-state index contributed by atoms with van der Waals surface area (Å²) in [4.78, 5) is 26.4. The predicted molar refractivity (Wildman–Crippen MR) is 87.4 cm³/mol. The van der Waals surface area contributed by atoms with E-state index in [0.29, 0.717) is 30.8 Å². The Morgan fingerprint density at radius 3 is 2.88 bits per heavy atom. The van der Waals surface area contributed by atoms with E-state index in [1.54, 1.807) is 11.0 Å². The molecule has 7 heteroatoms. The van der Waals surface area contributed by atoms with Crippen LogP contribution in [0.3, 0.4) is 0 Å². The first-order chi connectivity index (χ1) is 11.5. The van der Waals surface area contributed by atoms with Crippen molar-refractivity contribution in [2.45, 2.75) is 12.8 Å². The molecule has 126 valence electrons. The number of hydrogen-bond acceptors (Lipinski definition) is 3. The van der Waals surface area contributed by atoms with Gasteiger partial charge in [0, 0.05) is 18.8 Å². The lowest BCUT2D eigenvalue weighted by molar-refractivity contribution is -0.121. The smallest absolute Gasteiger partial charge is 0.257 e. The Labute approximate surface area is 143 Å². The Morgan fingerprint density at radius 2 is 2.17 bits per heavy atom. The van der Waals surface area contributed by atoms with Crippen LogP contribution in [0.2, 0.25) is 5.02 Å². The second kappa shape index (κ2) is 7.05. The maximum absolute atomic E-state index is 13.2. The molecule has 0 unspecified atom stereocenters. The third kappa shape index (κ3) is 3.59. The van der Waals surface area contributed by atoms with Crippen molar-refractivity contribution in [1.82, 2.24) is 4.90 Å². The van der Waals surface area contributed by atoms with Gasteiger partial charge in [0.15, 0.2) is 0 Å². The van der Waals surface area contributed by atoms with E-state index in [1.807, 2.05) is 0 Å². The number of hydrogen-bond donors (Lipinski definition) is 1. The van der Waals surface area contributed by atoms with Gasteiger partial charge in [0.25, 0.3) is 5.91 Å². The Bertz CT molecular complexity index is 748. The molecule has 1 saturated heterocycles. The van der Waals surface area contributed by atoms with Gasteiger partial charge in [-0.05, 0) is 37.1 Å². The van der Waals surface area contributed by atoms with Crippen molar-refractivity contribution in [2.75, 3.05) is 18.4 Å². The molecule has 1 aliphatic heterocycles. The number of benzene rings is 1. The van der Waals surface area contributed by atoms with Gasteiger partial charge in [-0.3, -0.25) is 9.59 Å². The fraction of sp³-hybridized carbons (Fsp3) is 0.294. The first-order valence-electron chi connectivity index (χ1n) is 7.62. The number of amides is 2. The summed E-state index contributed by atoms with van der Waals surface area (Å²) < 4.78 is 18.1. The van der Waals surface area contributed by atoms with Crippen molar-refractivity contribution in [1.29, 1.82) is 0 Å². The highest BCUT2D eigenvalue weighted by Gasteiger charge is 2.29. The van der Waals surface area contributed by atoms with Gasteiger partial charge in [0.2, 0.25) is 5.91 Å². The number of likely N-dealkylation sites (tertiary alicyclic amines) is 1. The van der Waals surface area contributed by atoms with Gasteiger partial charge in [0.1, 0.15) is 12.1 Å². The molecule has 0 spiro atoms. The molecule has 1 atom stereocenters. The summed E-state index contributed by atoms with van der Waals surface area (Å²) in [6, 6.07) is 5.63. The topological polar surface area (TPSA) is 62.6 Å². The molecule has 3 rings (SSSR count). The molecule has 5 nitrogen and oxygen atoms in total. The van der Waals surface area contributed by atoms with Crippen LogP contribution in [0.25, 0.3) is 0 Å². The van der Waals surface area contributed by atoms with Crippen LogP contribution in [-0.4, -0.2) is 29.8 Å². The van der Waals surface area contributed by atoms with Gasteiger partial charge in [-0.15, -0.1) is 0 Å². The SMILES string of the molecule is O=C(Nc1ccc(F)c(Cl)c1)[C@@H]1CCCN(C(=O)c2ccoc2)C1. The summed E-state index contributed by atoms with van der Waals surface area (Å²) in [6.07, 6.45) is 4.27. The van der Waals surface area contributed by atoms with Crippen LogP contribution in [0.15, 0.2) is 41.2 Å². The van der Waals surface area contributed by atoms with E-state index in [4.69, 9.17) is 16.0 Å². The third-order valence-corrected chi connectivity index (χ3v) is 4.32. The molecule has 1 fully saturated rings. The number of nitrogens with one attached hydrogen (secondary N) is 1. The zero-order chi connectivity index (χ0) is 17.1. The molecule has 24 heavy (non-hydrogen) atoms. The van der Waals surface area contributed by atoms with Gasteiger partial charge < -0.3 is 14.6 Å². The standard InChI is InChI=1S/C17H16ClFN2O3/c18-14-8-13(3-4-15(14)19)20-16(22)11-2-1-6-21(9-11)17(23)12-5-7-24-10-12/h3-5,7-8,10-11H,1-2,6,9H2,(H,20,22)/t11-/m1/s1. The first kappa shape index (κ1) is 16.5. The van der Waals surface area contributed by atoms with Gasteiger partial charge >= 0.3 is 0 Å². The summed E-state index contributed by atoms with van der Waals surface area (Å²) >= 11 is 5.72. The minimum absolute atomic E-state index is 0.0480. The monoisotopic (exact) mass is 350 g/mol. The van der Waals surface area contributed by atoms with E-state index in [-0.39, 0.29) is 22.8 Å². The van der Waals surface area contributed by atoms with E-state index < -0.39 is 5.82 Å². The van der Waals surface area contributed by atoms with Crippen LogP contribution >= 0.6 is 11.6 Å². The number of anilines is 1. The summed E-state index contributed by atoms with van der Waals surface area (Å²) in [5, 5.41) is 2.68. The van der Waals surface area contributed by atoms with Crippen LogP contribution in [0.4, 0.5) is 10.1 Å². The van der Waals surface area contributed by atoms with E-state index in [1.165, 1.54) is 30.7 Å². The zero-order valence-electron chi connectivity index (χ0n) is 12.8. The van der Waals surface area contributed by atoms with Gasteiger partial charge in [-0.1, -0.05) is 11.6 Å². The molecule has 2 amide bonds. The Balaban J connectivity index is 1.64. The second-order valence-corrected chi connectivity index (χ2v) is 6.13. The van der Waals surface area contributed by atoms with Gasteiger partial charge in [-0.2, -0.15) is 0 Å². The molecule has 2 aromatic rings. The van der Waals surface area contributed by atoms with Crippen molar-refractivity contribution < 1.29 is 18.4 Å². The van der Waals surface area contributed by atoms with E-state index in [2.05, 4.69) is 5.32 Å². The quantitative estimate of drug-likeness (QED) is 0.920. The van der Waals surface area contributed by atoms with E-state index in [9.17, 15) is 14.0 Å². The molecule has 1 aromatic carbocycles. The van der Waals surface area contributed by atoms with E-state index in [0.717, 1.165) is 6.42 Å². The molecule has 1 aliphatic rings. The van der Waals surface area contributed by atoms with Crippen LogP contribution in [0.1, 0.15) is 23.2 Å². The molecule has 0 saturated carbocycles. The number of carbonyl (C=O) groups excluding carboxylic acids is 2. The molecule has 0 aliphatic carbocycles. The van der Waals surface area contributed by atoms with Crippen molar-refractivity contribution in [3.05, 3.63) is 53.2 Å². The number of nitrogens with zero attached hydrogens (tertiary/aromatic N) is 1. The lowest BCUT2D eigenvalue weighted by Gasteiger charge is -2.31. The number of piperidine rings is 1. The summed E-state index contributed by atoms with van der Waals surface area (Å²) in [7, 11) is 0. The fourth-order valence-electron chi connectivity index (χ4n) is 2.76. The molecule has 0 radical (unpaired) electrons. The normalized spacial score (nSPS) is 17.6. The fourth-order valence-corrected chi connectivity index (χ4v) is 2.94. The lowest BCUT2D eigenvalue weighted by Crippen LogP contribution is -2.43. The first-order valence-corrected chi connectivity index (χ1v) is 8.00. The molecule has 2 heterocycles. The lowest BCUT2D eigenvalue weighted by atomic mass is 9.96. The predicted octanol–water partition coefficient (Wildman–Crippen LogP) is 3.56. The number of furan rings is 1.